The zero-order chi connectivity index (χ0) is 16.1. The summed E-state index contributed by atoms with van der Waals surface area (Å²) in [6.45, 7) is 5.16. The van der Waals surface area contributed by atoms with Gasteiger partial charge in [-0.25, -0.2) is 4.39 Å². The largest absolute Gasteiger partial charge is 0.395 e. The van der Waals surface area contributed by atoms with E-state index in [1.807, 2.05) is 4.90 Å². The number of nitrogens with zero attached hydrogens (tertiary/aromatic N) is 2. The molecule has 0 saturated carbocycles. The zero-order valence-electron chi connectivity index (χ0n) is 12.9. The number of aliphatic hydroxyl groups excluding tert-OH is 1. The Hall–Kier alpha value is -1.50. The smallest absolute Gasteiger partial charge is 0.239 e. The molecule has 22 heavy (non-hydrogen) atoms. The van der Waals surface area contributed by atoms with Crippen LogP contribution in [0.4, 0.5) is 4.39 Å². The highest BCUT2D eigenvalue weighted by Crippen LogP contribution is 2.23. The number of hydrogen-bond donors (Lipinski definition) is 2. The molecule has 1 aliphatic rings. The Labute approximate surface area is 130 Å². The quantitative estimate of drug-likeness (QED) is 0.813. The minimum atomic E-state index is -0.531. The third-order valence-corrected chi connectivity index (χ3v) is 4.37. The number of primary amides is 1. The second kappa shape index (κ2) is 7.67. The van der Waals surface area contributed by atoms with Crippen LogP contribution in [0.3, 0.4) is 0 Å². The van der Waals surface area contributed by atoms with Gasteiger partial charge in [-0.15, -0.1) is 0 Å². The van der Waals surface area contributed by atoms with Crippen LogP contribution in [0.2, 0.25) is 0 Å². The Bertz CT molecular complexity index is 483. The van der Waals surface area contributed by atoms with Gasteiger partial charge in [-0.2, -0.15) is 0 Å². The van der Waals surface area contributed by atoms with E-state index in [0.29, 0.717) is 13.1 Å². The van der Waals surface area contributed by atoms with Crippen LogP contribution in [-0.4, -0.2) is 59.6 Å². The number of piperazine rings is 1. The average Bonchev–Trinajstić information content (AvgIpc) is 2.52. The van der Waals surface area contributed by atoms with E-state index < -0.39 is 11.9 Å². The van der Waals surface area contributed by atoms with Crippen LogP contribution in [0, 0.1) is 5.82 Å². The highest BCUT2D eigenvalue weighted by Gasteiger charge is 2.30. The molecule has 1 heterocycles. The fraction of sp³-hybridized carbons (Fsp3) is 0.562. The zero-order valence-corrected chi connectivity index (χ0v) is 12.9. The van der Waals surface area contributed by atoms with Crippen LogP contribution in [-0.2, 0) is 4.79 Å². The lowest BCUT2D eigenvalue weighted by molar-refractivity contribution is -0.124. The van der Waals surface area contributed by atoms with E-state index >= 15 is 0 Å². The number of hydrogen-bond acceptors (Lipinski definition) is 4. The third kappa shape index (κ3) is 3.82. The molecule has 2 rings (SSSR count). The van der Waals surface area contributed by atoms with Crippen molar-refractivity contribution in [1.29, 1.82) is 0 Å². The summed E-state index contributed by atoms with van der Waals surface area (Å²) < 4.78 is 13.1. The molecule has 3 N–H and O–H groups in total. The monoisotopic (exact) mass is 309 g/mol. The molecule has 1 amide bonds. The molecule has 1 fully saturated rings. The number of carbonyl (C=O) groups excluding carboxylic acids is 1. The SMILES string of the molecule is CCC(CO)N1CCN(C(C(N)=O)c2ccc(F)cc2)CC1. The second-order valence-electron chi connectivity index (χ2n) is 5.67. The van der Waals surface area contributed by atoms with Gasteiger partial charge in [0.2, 0.25) is 5.91 Å². The summed E-state index contributed by atoms with van der Waals surface area (Å²) >= 11 is 0. The summed E-state index contributed by atoms with van der Waals surface area (Å²) in [5.74, 6) is -0.750. The van der Waals surface area contributed by atoms with Gasteiger partial charge in [0.05, 0.1) is 6.61 Å². The van der Waals surface area contributed by atoms with E-state index in [9.17, 15) is 14.3 Å². The molecule has 1 saturated heterocycles. The van der Waals surface area contributed by atoms with Crippen molar-refractivity contribution in [3.63, 3.8) is 0 Å². The summed E-state index contributed by atoms with van der Waals surface area (Å²) in [5.41, 5.74) is 6.28. The Morgan fingerprint density at radius 3 is 2.23 bits per heavy atom. The van der Waals surface area contributed by atoms with Crippen molar-refractivity contribution < 1.29 is 14.3 Å². The van der Waals surface area contributed by atoms with Crippen molar-refractivity contribution in [2.24, 2.45) is 5.73 Å². The van der Waals surface area contributed by atoms with Gasteiger partial charge in [0.25, 0.3) is 0 Å². The number of amides is 1. The molecular formula is C16H24FN3O2. The molecule has 5 nitrogen and oxygen atoms in total. The minimum Gasteiger partial charge on any atom is -0.395 e. The number of benzene rings is 1. The molecule has 2 atom stereocenters. The Kier molecular flexibility index (Phi) is 5.88. The number of carbonyl (C=O) groups is 1. The Morgan fingerprint density at radius 1 is 1.23 bits per heavy atom. The minimum absolute atomic E-state index is 0.147. The molecule has 1 aromatic rings. The summed E-state index contributed by atoms with van der Waals surface area (Å²) in [7, 11) is 0. The number of rotatable bonds is 6. The van der Waals surface area contributed by atoms with Crippen LogP contribution in [0.5, 0.6) is 0 Å². The van der Waals surface area contributed by atoms with E-state index in [0.717, 1.165) is 25.1 Å². The first-order valence-electron chi connectivity index (χ1n) is 7.70. The van der Waals surface area contributed by atoms with Crippen molar-refractivity contribution >= 4 is 5.91 Å². The molecule has 6 heteroatoms. The maximum Gasteiger partial charge on any atom is 0.239 e. The fourth-order valence-electron chi connectivity index (χ4n) is 3.06. The Balaban J connectivity index is 2.06. The van der Waals surface area contributed by atoms with Crippen LogP contribution in [0.1, 0.15) is 24.9 Å². The molecule has 0 aromatic heterocycles. The molecule has 1 aromatic carbocycles. The summed E-state index contributed by atoms with van der Waals surface area (Å²) in [6, 6.07) is 5.55. The molecule has 0 spiro atoms. The molecule has 2 unspecified atom stereocenters. The fourth-order valence-corrected chi connectivity index (χ4v) is 3.06. The lowest BCUT2D eigenvalue weighted by Gasteiger charge is -2.41. The number of nitrogens with two attached hydrogens (primary N) is 1. The van der Waals surface area contributed by atoms with E-state index in [2.05, 4.69) is 11.8 Å². The first kappa shape index (κ1) is 16.9. The van der Waals surface area contributed by atoms with Crippen LogP contribution in [0.25, 0.3) is 0 Å². The van der Waals surface area contributed by atoms with Crippen molar-refractivity contribution in [3.05, 3.63) is 35.6 Å². The van der Waals surface area contributed by atoms with Gasteiger partial charge in [0.15, 0.2) is 0 Å². The van der Waals surface area contributed by atoms with E-state index in [1.165, 1.54) is 12.1 Å². The summed E-state index contributed by atoms with van der Waals surface area (Å²) in [5, 5.41) is 9.38. The molecule has 0 aliphatic carbocycles. The summed E-state index contributed by atoms with van der Waals surface area (Å²) in [4.78, 5) is 16.1. The normalized spacial score (nSPS) is 19.8. The lowest BCUT2D eigenvalue weighted by atomic mass is 10.0. The Morgan fingerprint density at radius 2 is 1.77 bits per heavy atom. The number of halogens is 1. The van der Waals surface area contributed by atoms with E-state index in [-0.39, 0.29) is 18.5 Å². The summed E-state index contributed by atoms with van der Waals surface area (Å²) in [6.07, 6.45) is 0.897. The molecular weight excluding hydrogens is 285 g/mol. The van der Waals surface area contributed by atoms with E-state index in [1.54, 1.807) is 12.1 Å². The van der Waals surface area contributed by atoms with Gasteiger partial charge in [-0.1, -0.05) is 19.1 Å². The molecule has 122 valence electrons. The van der Waals surface area contributed by atoms with Crippen molar-refractivity contribution in [3.8, 4) is 0 Å². The molecule has 1 aliphatic heterocycles. The highest BCUT2D eigenvalue weighted by atomic mass is 19.1. The van der Waals surface area contributed by atoms with Crippen LogP contribution >= 0.6 is 0 Å². The lowest BCUT2D eigenvalue weighted by Crippen LogP contribution is -2.53. The van der Waals surface area contributed by atoms with Crippen molar-refractivity contribution in [1.82, 2.24) is 9.80 Å². The van der Waals surface area contributed by atoms with Crippen molar-refractivity contribution in [2.75, 3.05) is 32.8 Å². The topological polar surface area (TPSA) is 69.8 Å². The van der Waals surface area contributed by atoms with Crippen molar-refractivity contribution in [2.45, 2.75) is 25.4 Å². The van der Waals surface area contributed by atoms with Gasteiger partial charge in [0.1, 0.15) is 11.9 Å². The molecule has 0 bridgehead atoms. The third-order valence-electron chi connectivity index (χ3n) is 4.37. The van der Waals surface area contributed by atoms with Gasteiger partial charge >= 0.3 is 0 Å². The van der Waals surface area contributed by atoms with Crippen LogP contribution < -0.4 is 5.73 Å². The second-order valence-corrected chi connectivity index (χ2v) is 5.67. The van der Waals surface area contributed by atoms with Gasteiger partial charge in [-0.3, -0.25) is 14.6 Å². The van der Waals surface area contributed by atoms with Crippen LogP contribution in [0.15, 0.2) is 24.3 Å². The van der Waals surface area contributed by atoms with E-state index in [4.69, 9.17) is 5.73 Å². The maximum atomic E-state index is 13.1. The maximum absolute atomic E-state index is 13.1. The first-order valence-corrected chi connectivity index (χ1v) is 7.70. The predicted octanol–water partition coefficient (Wildman–Crippen LogP) is 0.741. The number of aliphatic hydroxyl groups is 1. The van der Waals surface area contributed by atoms with Gasteiger partial charge in [0, 0.05) is 32.2 Å². The first-order chi connectivity index (χ1) is 10.6. The van der Waals surface area contributed by atoms with Gasteiger partial charge < -0.3 is 10.8 Å². The predicted molar refractivity (Wildman–Crippen MR) is 82.6 cm³/mol. The standard InChI is InChI=1S/C16H24FN3O2/c1-2-14(11-21)19-7-9-20(10-8-19)15(16(18)22)12-3-5-13(17)6-4-12/h3-6,14-15,21H,2,7-11H2,1H3,(H2,18,22). The average molecular weight is 309 g/mol. The molecule has 0 radical (unpaired) electrons. The highest BCUT2D eigenvalue weighted by molar-refractivity contribution is 5.81. The van der Waals surface area contributed by atoms with Gasteiger partial charge in [-0.05, 0) is 24.1 Å².